The van der Waals surface area contributed by atoms with Crippen LogP contribution in [0, 0.1) is 0 Å². The molecule has 0 unspecified atom stereocenters. The molecule has 0 heterocycles. The summed E-state index contributed by atoms with van der Waals surface area (Å²) in [5.74, 6) is -1.04. The van der Waals surface area contributed by atoms with Gasteiger partial charge in [-0.3, -0.25) is 14.4 Å². The first kappa shape index (κ1) is 14.2. The van der Waals surface area contributed by atoms with E-state index in [1.165, 1.54) is 0 Å². The minimum atomic E-state index is -0.941. The first-order chi connectivity index (χ1) is 8.59. The van der Waals surface area contributed by atoms with Crippen LogP contribution >= 0.6 is 11.8 Å². The summed E-state index contributed by atoms with van der Waals surface area (Å²) in [6.07, 6.45) is -0.0664. The van der Waals surface area contributed by atoms with Gasteiger partial charge in [0.2, 0.25) is 5.12 Å². The molecule has 0 fully saturated rings. The molecule has 5 nitrogen and oxygen atoms in total. The number of nitrogens with one attached hydrogen (secondary N) is 1. The first-order valence-corrected chi connectivity index (χ1v) is 6.29. The minimum absolute atomic E-state index is 0.0664. The fraction of sp³-hybridized carbons (Fsp3) is 0.250. The van der Waals surface area contributed by atoms with E-state index in [4.69, 9.17) is 5.11 Å². The molecule has 0 aliphatic heterocycles. The van der Waals surface area contributed by atoms with E-state index in [-0.39, 0.29) is 29.7 Å². The van der Waals surface area contributed by atoms with Crippen LogP contribution in [0.4, 0.5) is 0 Å². The van der Waals surface area contributed by atoms with Crippen molar-refractivity contribution in [3.63, 3.8) is 0 Å². The Morgan fingerprint density at radius 3 is 2.44 bits per heavy atom. The molecule has 0 saturated carbocycles. The average Bonchev–Trinajstić information content (AvgIpc) is 2.36. The van der Waals surface area contributed by atoms with E-state index in [2.05, 4.69) is 5.32 Å². The molecule has 18 heavy (non-hydrogen) atoms. The molecule has 2 N–H and O–H groups in total. The molecule has 0 aromatic heterocycles. The van der Waals surface area contributed by atoms with Crippen molar-refractivity contribution >= 4 is 28.8 Å². The van der Waals surface area contributed by atoms with E-state index in [9.17, 15) is 14.4 Å². The molecule has 0 atom stereocenters. The number of carboxylic acid groups (broad SMARTS) is 1. The number of amides is 1. The zero-order valence-corrected chi connectivity index (χ0v) is 10.4. The zero-order valence-electron chi connectivity index (χ0n) is 9.59. The summed E-state index contributed by atoms with van der Waals surface area (Å²) in [6, 6.07) is 8.56. The molecule has 1 aromatic rings. The van der Waals surface area contributed by atoms with Crippen molar-refractivity contribution in [3.05, 3.63) is 35.9 Å². The number of hydrogen-bond donors (Lipinski definition) is 2. The maximum Gasteiger partial charge on any atom is 0.304 e. The Morgan fingerprint density at radius 2 is 1.83 bits per heavy atom. The van der Waals surface area contributed by atoms with Crippen LogP contribution in [-0.2, 0) is 9.59 Å². The molecule has 0 spiro atoms. The van der Waals surface area contributed by atoms with Crippen molar-refractivity contribution in [3.8, 4) is 0 Å². The number of rotatable bonds is 6. The number of carbonyl (C=O) groups excluding carboxylic acids is 2. The lowest BCUT2D eigenvalue weighted by Crippen LogP contribution is -2.28. The van der Waals surface area contributed by atoms with Gasteiger partial charge in [0, 0.05) is 11.3 Å². The lowest BCUT2D eigenvalue weighted by molar-refractivity contribution is -0.136. The molecule has 96 valence electrons. The van der Waals surface area contributed by atoms with Gasteiger partial charge < -0.3 is 10.4 Å². The Hall–Kier alpha value is -1.82. The van der Waals surface area contributed by atoms with Gasteiger partial charge in [0.25, 0.3) is 5.91 Å². The number of hydrogen-bond acceptors (Lipinski definition) is 4. The average molecular weight is 267 g/mol. The summed E-state index contributed by atoms with van der Waals surface area (Å²) in [5.41, 5.74) is 0.487. The standard InChI is InChI=1S/C12H13NO4S/c14-10(15)6-7-18-11(16)8-13-12(17)9-4-2-1-3-5-9/h1-5H,6-8H2,(H,13,17)(H,14,15). The summed E-state index contributed by atoms with van der Waals surface area (Å²) in [5, 5.41) is 10.6. The number of carboxylic acids is 1. The van der Waals surface area contributed by atoms with E-state index in [1.54, 1.807) is 30.3 Å². The summed E-state index contributed by atoms with van der Waals surface area (Å²) in [6.45, 7) is -0.0992. The quantitative estimate of drug-likeness (QED) is 0.807. The Morgan fingerprint density at radius 1 is 1.17 bits per heavy atom. The van der Waals surface area contributed by atoms with Crippen LogP contribution in [0.15, 0.2) is 30.3 Å². The van der Waals surface area contributed by atoms with Crippen LogP contribution in [0.2, 0.25) is 0 Å². The Bertz CT molecular complexity index is 433. The van der Waals surface area contributed by atoms with Gasteiger partial charge in [-0.1, -0.05) is 30.0 Å². The van der Waals surface area contributed by atoms with E-state index in [1.807, 2.05) is 0 Å². The highest BCUT2D eigenvalue weighted by molar-refractivity contribution is 8.13. The van der Waals surface area contributed by atoms with Gasteiger partial charge in [-0.2, -0.15) is 0 Å². The van der Waals surface area contributed by atoms with Crippen LogP contribution in [0.3, 0.4) is 0 Å². The molecule has 6 heteroatoms. The largest absolute Gasteiger partial charge is 0.481 e. The van der Waals surface area contributed by atoms with Crippen molar-refractivity contribution in [2.45, 2.75) is 6.42 Å². The molecule has 0 saturated heterocycles. The Labute approximate surface area is 109 Å². The van der Waals surface area contributed by atoms with Crippen LogP contribution < -0.4 is 5.32 Å². The smallest absolute Gasteiger partial charge is 0.304 e. The van der Waals surface area contributed by atoms with Gasteiger partial charge in [0.05, 0.1) is 13.0 Å². The number of carbonyl (C=O) groups is 3. The van der Waals surface area contributed by atoms with Gasteiger partial charge in [0.15, 0.2) is 0 Å². The fourth-order valence-corrected chi connectivity index (χ4v) is 1.83. The second-order valence-corrected chi connectivity index (χ2v) is 4.57. The highest BCUT2D eigenvalue weighted by atomic mass is 32.2. The van der Waals surface area contributed by atoms with Crippen molar-refractivity contribution in [2.75, 3.05) is 12.3 Å². The molecular weight excluding hydrogens is 254 g/mol. The molecular formula is C12H13NO4S. The topological polar surface area (TPSA) is 83.5 Å². The Balaban J connectivity index is 2.26. The monoisotopic (exact) mass is 267 g/mol. The predicted octanol–water partition coefficient (Wildman–Crippen LogP) is 1.15. The molecule has 1 aromatic carbocycles. The summed E-state index contributed by atoms with van der Waals surface area (Å²) < 4.78 is 0. The fourth-order valence-electron chi connectivity index (χ4n) is 1.15. The summed E-state index contributed by atoms with van der Waals surface area (Å²) in [4.78, 5) is 33.1. The van der Waals surface area contributed by atoms with Gasteiger partial charge in [-0.15, -0.1) is 0 Å². The molecule has 0 radical (unpaired) electrons. The van der Waals surface area contributed by atoms with Crippen LogP contribution in [0.25, 0.3) is 0 Å². The normalized spacial score (nSPS) is 9.78. The van der Waals surface area contributed by atoms with E-state index >= 15 is 0 Å². The van der Waals surface area contributed by atoms with Gasteiger partial charge in [-0.25, -0.2) is 0 Å². The SMILES string of the molecule is O=C(O)CCSC(=O)CNC(=O)c1ccccc1. The maximum absolute atomic E-state index is 11.6. The van der Waals surface area contributed by atoms with Crippen molar-refractivity contribution in [1.29, 1.82) is 0 Å². The van der Waals surface area contributed by atoms with Crippen molar-refractivity contribution in [2.24, 2.45) is 0 Å². The van der Waals surface area contributed by atoms with E-state index in [0.29, 0.717) is 5.56 Å². The number of benzene rings is 1. The van der Waals surface area contributed by atoms with Crippen LogP contribution in [-0.4, -0.2) is 34.4 Å². The summed E-state index contributed by atoms with van der Waals surface area (Å²) in [7, 11) is 0. The lowest BCUT2D eigenvalue weighted by Gasteiger charge is -2.03. The number of thioether (sulfide) groups is 1. The van der Waals surface area contributed by atoms with Crippen molar-refractivity contribution < 1.29 is 19.5 Å². The van der Waals surface area contributed by atoms with Gasteiger partial charge in [-0.05, 0) is 12.1 Å². The zero-order chi connectivity index (χ0) is 13.4. The van der Waals surface area contributed by atoms with Gasteiger partial charge in [0.1, 0.15) is 0 Å². The van der Waals surface area contributed by atoms with E-state index < -0.39 is 5.97 Å². The van der Waals surface area contributed by atoms with Crippen LogP contribution in [0.1, 0.15) is 16.8 Å². The van der Waals surface area contributed by atoms with Crippen LogP contribution in [0.5, 0.6) is 0 Å². The van der Waals surface area contributed by atoms with Gasteiger partial charge >= 0.3 is 5.97 Å². The van der Waals surface area contributed by atoms with E-state index in [0.717, 1.165) is 11.8 Å². The third kappa shape index (κ3) is 5.49. The third-order valence-corrected chi connectivity index (χ3v) is 2.88. The second kappa shape index (κ2) is 7.50. The molecule has 0 aliphatic carbocycles. The molecule has 0 bridgehead atoms. The maximum atomic E-state index is 11.6. The second-order valence-electron chi connectivity index (χ2n) is 3.41. The highest BCUT2D eigenvalue weighted by Gasteiger charge is 2.08. The number of aliphatic carboxylic acids is 1. The third-order valence-electron chi connectivity index (χ3n) is 2.01. The van der Waals surface area contributed by atoms with Crippen molar-refractivity contribution in [1.82, 2.24) is 5.32 Å². The lowest BCUT2D eigenvalue weighted by atomic mass is 10.2. The summed E-state index contributed by atoms with van der Waals surface area (Å²) >= 11 is 0.907. The predicted molar refractivity (Wildman–Crippen MR) is 68.5 cm³/mol. The minimum Gasteiger partial charge on any atom is -0.481 e. The Kier molecular flexibility index (Phi) is 5.93. The first-order valence-electron chi connectivity index (χ1n) is 5.30. The molecule has 0 aliphatic rings. The highest BCUT2D eigenvalue weighted by Crippen LogP contribution is 2.04. The molecule has 1 rings (SSSR count). The molecule has 1 amide bonds.